The van der Waals surface area contributed by atoms with E-state index in [2.05, 4.69) is 15.2 Å². The predicted molar refractivity (Wildman–Crippen MR) is 81.7 cm³/mol. The molecular weight excluding hydrogens is 295 g/mol. The lowest BCUT2D eigenvalue weighted by Crippen LogP contribution is -1.89. The number of aromatic amines is 1. The Labute approximate surface area is 125 Å². The molecule has 0 aliphatic carbocycles. The number of nitrogens with one attached hydrogen (secondary N) is 1. The molecule has 0 saturated carbocycles. The number of aromatic nitrogens is 3. The lowest BCUT2D eigenvalue weighted by molar-refractivity contribution is 1.10. The molecule has 0 saturated heterocycles. The van der Waals surface area contributed by atoms with Gasteiger partial charge in [0.1, 0.15) is 0 Å². The maximum absolute atomic E-state index is 6.24. The van der Waals surface area contributed by atoms with Gasteiger partial charge in [0.15, 0.2) is 5.82 Å². The van der Waals surface area contributed by atoms with E-state index in [1.54, 1.807) is 30.6 Å². The van der Waals surface area contributed by atoms with Gasteiger partial charge >= 0.3 is 0 Å². The van der Waals surface area contributed by atoms with E-state index in [4.69, 9.17) is 28.9 Å². The van der Waals surface area contributed by atoms with Gasteiger partial charge in [-0.05, 0) is 24.3 Å². The van der Waals surface area contributed by atoms with E-state index in [0.717, 1.165) is 22.4 Å². The number of nitrogens with zero attached hydrogens (tertiary/aromatic N) is 2. The molecule has 3 rings (SSSR count). The molecule has 3 N–H and O–H groups in total. The molecule has 4 nitrogen and oxygen atoms in total. The number of hydrogen-bond donors (Lipinski definition) is 2. The Bertz CT molecular complexity index is 753. The van der Waals surface area contributed by atoms with Crippen molar-refractivity contribution in [3.8, 4) is 22.4 Å². The molecule has 0 radical (unpaired) electrons. The summed E-state index contributed by atoms with van der Waals surface area (Å²) in [5.41, 5.74) is 9.06. The highest BCUT2D eigenvalue weighted by Gasteiger charge is 2.17. The van der Waals surface area contributed by atoms with Crippen LogP contribution in [-0.2, 0) is 0 Å². The van der Waals surface area contributed by atoms with Crippen molar-refractivity contribution in [2.75, 3.05) is 5.73 Å². The highest BCUT2D eigenvalue weighted by atomic mass is 35.5. The number of benzene rings is 1. The number of hydrogen-bond acceptors (Lipinski definition) is 3. The summed E-state index contributed by atoms with van der Waals surface area (Å²) < 4.78 is 0. The van der Waals surface area contributed by atoms with Crippen molar-refractivity contribution in [1.82, 2.24) is 15.2 Å². The minimum absolute atomic E-state index is 0.393. The van der Waals surface area contributed by atoms with Gasteiger partial charge in [-0.3, -0.25) is 10.1 Å². The summed E-state index contributed by atoms with van der Waals surface area (Å²) in [5, 5.41) is 8.14. The Kier molecular flexibility index (Phi) is 3.34. The highest BCUT2D eigenvalue weighted by molar-refractivity contribution is 6.35. The largest absolute Gasteiger partial charge is 0.382 e. The third kappa shape index (κ3) is 2.24. The normalized spacial score (nSPS) is 10.7. The Morgan fingerprint density at radius 2 is 2.00 bits per heavy atom. The molecule has 1 aromatic carbocycles. The van der Waals surface area contributed by atoms with Gasteiger partial charge in [0.25, 0.3) is 0 Å². The number of nitrogens with two attached hydrogens (primary N) is 1. The second kappa shape index (κ2) is 5.15. The number of pyridine rings is 1. The Morgan fingerprint density at radius 1 is 1.15 bits per heavy atom. The van der Waals surface area contributed by atoms with Gasteiger partial charge in [0.05, 0.1) is 16.3 Å². The summed E-state index contributed by atoms with van der Waals surface area (Å²) in [6.07, 6.45) is 3.43. The van der Waals surface area contributed by atoms with Crippen LogP contribution in [0.1, 0.15) is 0 Å². The van der Waals surface area contributed by atoms with Gasteiger partial charge in [-0.25, -0.2) is 0 Å². The van der Waals surface area contributed by atoms with Crippen molar-refractivity contribution in [2.45, 2.75) is 0 Å². The fraction of sp³-hybridized carbons (Fsp3) is 0. The first-order valence-corrected chi connectivity index (χ1v) is 6.62. The van der Waals surface area contributed by atoms with Gasteiger partial charge in [0.2, 0.25) is 0 Å². The van der Waals surface area contributed by atoms with Crippen molar-refractivity contribution in [2.24, 2.45) is 0 Å². The van der Waals surface area contributed by atoms with Gasteiger partial charge < -0.3 is 5.73 Å². The third-order valence-electron chi connectivity index (χ3n) is 2.94. The lowest BCUT2D eigenvalue weighted by Gasteiger charge is -2.06. The molecule has 0 amide bonds. The molecule has 20 heavy (non-hydrogen) atoms. The van der Waals surface area contributed by atoms with Crippen LogP contribution in [-0.4, -0.2) is 15.2 Å². The highest BCUT2D eigenvalue weighted by Crippen LogP contribution is 2.38. The molecule has 0 atom stereocenters. The van der Waals surface area contributed by atoms with Crippen LogP contribution in [0.2, 0.25) is 10.0 Å². The van der Waals surface area contributed by atoms with Crippen molar-refractivity contribution in [3.63, 3.8) is 0 Å². The SMILES string of the molecule is Nc1n[nH]c(-c2cc(Cl)ccc2Cl)c1-c1cccnc1. The zero-order valence-electron chi connectivity index (χ0n) is 10.3. The molecule has 3 aromatic rings. The van der Waals surface area contributed by atoms with Crippen LogP contribution in [0, 0.1) is 0 Å². The fourth-order valence-electron chi connectivity index (χ4n) is 2.04. The first kappa shape index (κ1) is 13.0. The van der Waals surface area contributed by atoms with Crippen LogP contribution in [0.4, 0.5) is 5.82 Å². The predicted octanol–water partition coefficient (Wildman–Crippen LogP) is 4.03. The Morgan fingerprint density at radius 3 is 2.75 bits per heavy atom. The van der Waals surface area contributed by atoms with E-state index in [-0.39, 0.29) is 0 Å². The second-order valence-electron chi connectivity index (χ2n) is 4.22. The zero-order chi connectivity index (χ0) is 14.1. The standard InChI is InChI=1S/C14H10Cl2N4/c15-9-3-4-11(16)10(6-9)13-12(14(17)20-19-13)8-2-1-5-18-7-8/h1-7H,(H3,17,19,20). The third-order valence-corrected chi connectivity index (χ3v) is 3.51. The van der Waals surface area contributed by atoms with E-state index < -0.39 is 0 Å². The maximum Gasteiger partial charge on any atom is 0.153 e. The van der Waals surface area contributed by atoms with E-state index in [1.807, 2.05) is 12.1 Å². The van der Waals surface area contributed by atoms with E-state index in [0.29, 0.717) is 15.9 Å². The molecule has 0 unspecified atom stereocenters. The molecule has 6 heteroatoms. The molecular formula is C14H10Cl2N4. The summed E-state index contributed by atoms with van der Waals surface area (Å²) in [6.45, 7) is 0. The number of anilines is 1. The average molecular weight is 305 g/mol. The van der Waals surface area contributed by atoms with Crippen molar-refractivity contribution >= 4 is 29.0 Å². The fourth-order valence-corrected chi connectivity index (χ4v) is 2.43. The Balaban J connectivity index is 2.24. The van der Waals surface area contributed by atoms with E-state index in [9.17, 15) is 0 Å². The second-order valence-corrected chi connectivity index (χ2v) is 5.07. The van der Waals surface area contributed by atoms with Crippen LogP contribution in [0.5, 0.6) is 0 Å². The van der Waals surface area contributed by atoms with Crippen LogP contribution < -0.4 is 5.73 Å². The summed E-state index contributed by atoms with van der Waals surface area (Å²) in [4.78, 5) is 4.10. The van der Waals surface area contributed by atoms with E-state index in [1.165, 1.54) is 0 Å². The van der Waals surface area contributed by atoms with Crippen LogP contribution in [0.15, 0.2) is 42.7 Å². The zero-order valence-corrected chi connectivity index (χ0v) is 11.8. The monoisotopic (exact) mass is 304 g/mol. The molecule has 0 bridgehead atoms. The van der Waals surface area contributed by atoms with Gasteiger partial charge in [0, 0.05) is 28.5 Å². The van der Waals surface area contributed by atoms with Gasteiger partial charge in [-0.15, -0.1) is 0 Å². The van der Waals surface area contributed by atoms with Crippen LogP contribution >= 0.6 is 23.2 Å². The molecule has 100 valence electrons. The van der Waals surface area contributed by atoms with Gasteiger partial charge in [-0.1, -0.05) is 29.3 Å². The van der Waals surface area contributed by atoms with Crippen LogP contribution in [0.3, 0.4) is 0 Å². The quantitative estimate of drug-likeness (QED) is 0.751. The minimum atomic E-state index is 0.393. The summed E-state index contributed by atoms with van der Waals surface area (Å²) >= 11 is 12.3. The van der Waals surface area contributed by atoms with Crippen LogP contribution in [0.25, 0.3) is 22.4 Å². The average Bonchev–Trinajstić information content (AvgIpc) is 2.84. The summed E-state index contributed by atoms with van der Waals surface area (Å²) in [7, 11) is 0. The number of nitrogen functional groups attached to an aromatic ring is 1. The van der Waals surface area contributed by atoms with Crippen molar-refractivity contribution < 1.29 is 0 Å². The molecule has 0 aliphatic rings. The molecule has 2 aromatic heterocycles. The molecule has 0 spiro atoms. The number of rotatable bonds is 2. The molecule has 0 fully saturated rings. The number of H-pyrrole nitrogens is 1. The lowest BCUT2D eigenvalue weighted by atomic mass is 10.0. The van der Waals surface area contributed by atoms with Crippen molar-refractivity contribution in [1.29, 1.82) is 0 Å². The smallest absolute Gasteiger partial charge is 0.153 e. The van der Waals surface area contributed by atoms with Crippen molar-refractivity contribution in [3.05, 3.63) is 52.8 Å². The minimum Gasteiger partial charge on any atom is -0.382 e. The molecule has 0 aliphatic heterocycles. The summed E-state index contributed by atoms with van der Waals surface area (Å²) in [5.74, 6) is 0.393. The molecule has 2 heterocycles. The first-order chi connectivity index (χ1) is 9.66. The number of halogens is 2. The topological polar surface area (TPSA) is 67.6 Å². The maximum atomic E-state index is 6.24. The van der Waals surface area contributed by atoms with E-state index >= 15 is 0 Å². The van der Waals surface area contributed by atoms with Gasteiger partial charge in [-0.2, -0.15) is 5.10 Å². The Hall–Kier alpha value is -2.04. The summed E-state index contributed by atoms with van der Waals surface area (Å²) in [6, 6.07) is 9.00. The first-order valence-electron chi connectivity index (χ1n) is 5.86.